The van der Waals surface area contributed by atoms with E-state index in [0.717, 1.165) is 35.5 Å². The van der Waals surface area contributed by atoms with E-state index in [1.54, 1.807) is 0 Å². The number of rotatable bonds is 16. The first-order chi connectivity index (χ1) is 16.6. The predicted octanol–water partition coefficient (Wildman–Crippen LogP) is 12.3. The largest absolute Gasteiger partial charge is 0.0654 e. The average Bonchev–Trinajstić information content (AvgIpc) is 2.79. The molecule has 0 aliphatic heterocycles. The third-order valence-electron chi connectivity index (χ3n) is 10.8. The van der Waals surface area contributed by atoms with Gasteiger partial charge in [-0.2, -0.15) is 0 Å². The van der Waals surface area contributed by atoms with Crippen LogP contribution in [0.5, 0.6) is 0 Å². The lowest BCUT2D eigenvalue weighted by molar-refractivity contribution is -0.0597. The Kier molecular flexibility index (Phi) is 13.8. The average molecular weight is 489 g/mol. The maximum Gasteiger partial charge on any atom is -0.0280 e. The van der Waals surface area contributed by atoms with Gasteiger partial charge in [0.1, 0.15) is 0 Å². The van der Waals surface area contributed by atoms with E-state index in [1.165, 1.54) is 122 Å². The van der Waals surface area contributed by atoms with Gasteiger partial charge >= 0.3 is 0 Å². The molecule has 0 saturated heterocycles. The number of unbranched alkanes of at least 4 members (excludes halogenated alkanes) is 8. The van der Waals surface area contributed by atoms with Gasteiger partial charge < -0.3 is 0 Å². The highest BCUT2D eigenvalue weighted by molar-refractivity contribution is 4.98. The second-order valence-corrected chi connectivity index (χ2v) is 15.0. The molecule has 2 fully saturated rings. The van der Waals surface area contributed by atoms with Crippen molar-refractivity contribution in [3.05, 3.63) is 0 Å². The summed E-state index contributed by atoms with van der Waals surface area (Å²) in [7, 11) is 0. The first kappa shape index (κ1) is 31.2. The van der Waals surface area contributed by atoms with Crippen LogP contribution in [0.15, 0.2) is 0 Å². The zero-order chi connectivity index (χ0) is 25.9. The zero-order valence-electron chi connectivity index (χ0n) is 25.9. The van der Waals surface area contributed by atoms with Crippen LogP contribution in [-0.4, -0.2) is 0 Å². The van der Waals surface area contributed by atoms with E-state index in [-0.39, 0.29) is 0 Å². The lowest BCUT2D eigenvalue weighted by Gasteiger charge is -2.55. The Balaban J connectivity index is 2.24. The first-order valence-electron chi connectivity index (χ1n) is 16.6. The SMILES string of the molecule is CCCCCCCC(C)(C)C(C1CC(C)CCC1C1CCC(C)CC1)C(C)(C)CCCCCCC. The van der Waals surface area contributed by atoms with Crippen LogP contribution in [0.3, 0.4) is 0 Å². The third-order valence-corrected chi connectivity index (χ3v) is 10.8. The maximum absolute atomic E-state index is 2.70. The Morgan fingerprint density at radius 1 is 0.571 bits per heavy atom. The lowest BCUT2D eigenvalue weighted by Crippen LogP contribution is -2.47. The molecule has 0 aromatic carbocycles. The fraction of sp³-hybridized carbons (Fsp3) is 1.00. The molecule has 0 spiro atoms. The highest BCUT2D eigenvalue weighted by Gasteiger charge is 2.49. The molecule has 2 rings (SSSR count). The van der Waals surface area contributed by atoms with Crippen molar-refractivity contribution in [2.45, 2.75) is 177 Å². The molecule has 0 aromatic rings. The molecule has 3 unspecified atom stereocenters. The number of hydrogen-bond donors (Lipinski definition) is 0. The first-order valence-corrected chi connectivity index (χ1v) is 16.6. The van der Waals surface area contributed by atoms with Crippen molar-refractivity contribution in [2.75, 3.05) is 0 Å². The molecule has 0 aromatic heterocycles. The predicted molar refractivity (Wildman–Crippen MR) is 159 cm³/mol. The van der Waals surface area contributed by atoms with Gasteiger partial charge in [-0.25, -0.2) is 0 Å². The summed E-state index contributed by atoms with van der Waals surface area (Å²) in [6, 6.07) is 0. The Labute approximate surface area is 223 Å². The molecule has 35 heavy (non-hydrogen) atoms. The van der Waals surface area contributed by atoms with Gasteiger partial charge in [0.25, 0.3) is 0 Å². The molecule has 208 valence electrons. The minimum absolute atomic E-state index is 0.459. The highest BCUT2D eigenvalue weighted by Crippen LogP contribution is 2.57. The quantitative estimate of drug-likeness (QED) is 0.189. The van der Waals surface area contributed by atoms with E-state index in [9.17, 15) is 0 Å². The van der Waals surface area contributed by atoms with E-state index in [4.69, 9.17) is 0 Å². The van der Waals surface area contributed by atoms with Gasteiger partial charge in [-0.3, -0.25) is 0 Å². The van der Waals surface area contributed by atoms with Gasteiger partial charge in [0.05, 0.1) is 0 Å². The van der Waals surface area contributed by atoms with Gasteiger partial charge in [-0.1, -0.05) is 139 Å². The molecule has 0 N–H and O–H groups in total. The fourth-order valence-electron chi connectivity index (χ4n) is 9.03. The van der Waals surface area contributed by atoms with Crippen LogP contribution in [0.2, 0.25) is 0 Å². The summed E-state index contributed by atoms with van der Waals surface area (Å²) in [5, 5.41) is 0. The second-order valence-electron chi connectivity index (χ2n) is 15.0. The van der Waals surface area contributed by atoms with E-state index < -0.39 is 0 Å². The Morgan fingerprint density at radius 2 is 1.03 bits per heavy atom. The molecule has 2 saturated carbocycles. The van der Waals surface area contributed by atoms with Crippen molar-refractivity contribution >= 4 is 0 Å². The van der Waals surface area contributed by atoms with Crippen LogP contribution < -0.4 is 0 Å². The monoisotopic (exact) mass is 489 g/mol. The maximum atomic E-state index is 2.70. The van der Waals surface area contributed by atoms with Gasteiger partial charge in [-0.15, -0.1) is 0 Å². The van der Waals surface area contributed by atoms with E-state index >= 15 is 0 Å². The lowest BCUT2D eigenvalue weighted by atomic mass is 9.50. The van der Waals surface area contributed by atoms with E-state index in [1.807, 2.05) is 0 Å². The normalized spacial score (nSPS) is 28.5. The van der Waals surface area contributed by atoms with Gasteiger partial charge in [0.2, 0.25) is 0 Å². The minimum Gasteiger partial charge on any atom is -0.0654 e. The van der Waals surface area contributed by atoms with Crippen LogP contribution in [0.25, 0.3) is 0 Å². The Hall–Kier alpha value is 0. The van der Waals surface area contributed by atoms with E-state index in [2.05, 4.69) is 55.4 Å². The molecule has 3 atom stereocenters. The van der Waals surface area contributed by atoms with Crippen molar-refractivity contribution in [1.82, 2.24) is 0 Å². The van der Waals surface area contributed by atoms with Crippen molar-refractivity contribution in [3.63, 3.8) is 0 Å². The third kappa shape index (κ3) is 10.0. The fourth-order valence-corrected chi connectivity index (χ4v) is 9.03. The van der Waals surface area contributed by atoms with Crippen molar-refractivity contribution in [3.8, 4) is 0 Å². The zero-order valence-corrected chi connectivity index (χ0v) is 25.9. The van der Waals surface area contributed by atoms with Crippen molar-refractivity contribution in [1.29, 1.82) is 0 Å². The summed E-state index contributed by atoms with van der Waals surface area (Å²) < 4.78 is 0. The smallest absolute Gasteiger partial charge is 0.0280 e. The summed E-state index contributed by atoms with van der Waals surface area (Å²) in [6.07, 6.45) is 27.7. The summed E-state index contributed by atoms with van der Waals surface area (Å²) in [6.45, 7) is 20.6. The Bertz CT molecular complexity index is 508. The molecule has 0 heteroatoms. The standard InChI is InChI=1S/C35H68/c1-9-11-13-15-17-25-34(5,6)33(35(7,8)26-18-16-14-12-10-2)32-27-29(4)21-24-31(32)30-22-19-28(3)20-23-30/h28-33H,9-27H2,1-8H3. The summed E-state index contributed by atoms with van der Waals surface area (Å²) in [5.74, 6) is 5.76. The van der Waals surface area contributed by atoms with Gasteiger partial charge in [-0.05, 0) is 84.9 Å². The van der Waals surface area contributed by atoms with Crippen LogP contribution >= 0.6 is 0 Å². The highest BCUT2D eigenvalue weighted by atomic mass is 14.5. The molecule has 0 nitrogen and oxygen atoms in total. The molecule has 2 aliphatic rings. The molecular weight excluding hydrogens is 420 g/mol. The van der Waals surface area contributed by atoms with Crippen LogP contribution in [0.1, 0.15) is 177 Å². The molecule has 0 amide bonds. The molecular formula is C35H68. The van der Waals surface area contributed by atoms with Crippen LogP contribution in [-0.2, 0) is 0 Å². The molecule has 0 heterocycles. The molecule has 2 aliphatic carbocycles. The summed E-state index contributed by atoms with van der Waals surface area (Å²) >= 11 is 0. The molecule has 0 radical (unpaired) electrons. The van der Waals surface area contributed by atoms with Crippen molar-refractivity contribution in [2.24, 2.45) is 46.3 Å². The minimum atomic E-state index is 0.459. The second kappa shape index (κ2) is 15.4. The van der Waals surface area contributed by atoms with Crippen LogP contribution in [0, 0.1) is 46.3 Å². The van der Waals surface area contributed by atoms with Gasteiger partial charge in [0, 0.05) is 0 Å². The van der Waals surface area contributed by atoms with Crippen molar-refractivity contribution < 1.29 is 0 Å². The topological polar surface area (TPSA) is 0 Å². The summed E-state index contributed by atoms with van der Waals surface area (Å²) in [5.41, 5.74) is 0.919. The van der Waals surface area contributed by atoms with E-state index in [0.29, 0.717) is 10.8 Å². The Morgan fingerprint density at radius 3 is 1.51 bits per heavy atom. The van der Waals surface area contributed by atoms with Crippen LogP contribution in [0.4, 0.5) is 0 Å². The summed E-state index contributed by atoms with van der Waals surface area (Å²) in [4.78, 5) is 0. The number of hydrogen-bond acceptors (Lipinski definition) is 0. The van der Waals surface area contributed by atoms with Gasteiger partial charge in [0.15, 0.2) is 0 Å². The molecule has 0 bridgehead atoms.